The molecular weight excluding hydrogens is 312 g/mol. The summed E-state index contributed by atoms with van der Waals surface area (Å²) in [5.41, 5.74) is 1.36. The van der Waals surface area contributed by atoms with Gasteiger partial charge in [-0.15, -0.1) is 0 Å². The Morgan fingerprint density at radius 3 is 2.52 bits per heavy atom. The van der Waals surface area contributed by atoms with Gasteiger partial charge in [-0.1, -0.05) is 30.3 Å². The minimum absolute atomic E-state index is 0. The maximum Gasteiger partial charge on any atom is 0.220 e. The Morgan fingerprint density at radius 1 is 1.16 bits per heavy atom. The highest BCUT2D eigenvalue weighted by Gasteiger charge is 2.39. The van der Waals surface area contributed by atoms with Gasteiger partial charge >= 0.3 is 0 Å². The molecule has 2 saturated heterocycles. The van der Waals surface area contributed by atoms with Crippen molar-refractivity contribution in [2.45, 2.75) is 31.2 Å². The summed E-state index contributed by atoms with van der Waals surface area (Å²) in [5, 5.41) is 6.72. The third-order valence-electron chi connectivity index (χ3n) is 5.81. The lowest BCUT2D eigenvalue weighted by molar-refractivity contribution is -0.122. The van der Waals surface area contributed by atoms with Gasteiger partial charge in [0, 0.05) is 46.1 Å². The zero-order valence-corrected chi connectivity index (χ0v) is 15.5. The van der Waals surface area contributed by atoms with Crippen molar-refractivity contribution in [2.24, 2.45) is 0 Å². The van der Waals surface area contributed by atoms with Crippen LogP contribution in [0.3, 0.4) is 0 Å². The van der Waals surface area contributed by atoms with Crippen molar-refractivity contribution in [3.63, 3.8) is 0 Å². The normalized spacial score (nSPS) is 21.8. The first-order chi connectivity index (χ1) is 12.2. The Morgan fingerprint density at radius 2 is 1.84 bits per heavy atom. The minimum Gasteiger partial charge on any atom is -0.354 e. The lowest BCUT2D eigenvalue weighted by Gasteiger charge is -2.49. The van der Waals surface area contributed by atoms with E-state index < -0.39 is 0 Å². The molecular formula is C20H34N4O. The third kappa shape index (κ3) is 5.03. The van der Waals surface area contributed by atoms with Crippen LogP contribution in [0.15, 0.2) is 30.3 Å². The lowest BCUT2D eigenvalue weighted by atomic mass is 9.85. The van der Waals surface area contributed by atoms with E-state index in [-0.39, 0.29) is 12.9 Å². The summed E-state index contributed by atoms with van der Waals surface area (Å²) in [4.78, 5) is 17.4. The third-order valence-corrected chi connectivity index (χ3v) is 5.81. The fourth-order valence-electron chi connectivity index (χ4n) is 4.03. The van der Waals surface area contributed by atoms with Gasteiger partial charge in [0.2, 0.25) is 5.91 Å². The Balaban J connectivity index is 0.00000243. The molecule has 0 saturated carbocycles. The molecule has 0 spiro atoms. The van der Waals surface area contributed by atoms with Gasteiger partial charge in [0.1, 0.15) is 0 Å². The molecule has 0 radical (unpaired) electrons. The van der Waals surface area contributed by atoms with Crippen molar-refractivity contribution < 1.29 is 6.22 Å². The van der Waals surface area contributed by atoms with Crippen LogP contribution in [0.5, 0.6) is 0 Å². The quantitative estimate of drug-likeness (QED) is 0.816. The summed E-state index contributed by atoms with van der Waals surface area (Å²) in [5.74, 6) is 0.177. The number of aryl methyl sites for hydroxylation is 1. The number of carbonyl (C=O) groups excluding carboxylic acids is 1. The van der Waals surface area contributed by atoms with E-state index in [0.717, 1.165) is 65.1 Å². The second-order valence-corrected chi connectivity index (χ2v) is 7.53. The van der Waals surface area contributed by atoms with E-state index >= 15 is 0 Å². The van der Waals surface area contributed by atoms with Gasteiger partial charge in [0.25, 0.3) is 0 Å². The van der Waals surface area contributed by atoms with E-state index in [0.29, 0.717) is 6.42 Å². The Labute approximate surface area is 153 Å². The van der Waals surface area contributed by atoms with Crippen LogP contribution in [0.2, 0.25) is 0 Å². The smallest absolute Gasteiger partial charge is 0.220 e. The van der Waals surface area contributed by atoms with Crippen molar-refractivity contribution in [2.75, 3.05) is 52.9 Å². The van der Waals surface area contributed by atoms with Crippen LogP contribution in [0, 0.1) is 0 Å². The average molecular weight is 347 g/mol. The molecule has 2 aliphatic heterocycles. The van der Waals surface area contributed by atoms with E-state index in [1.54, 1.807) is 0 Å². The molecule has 2 N–H and O–H groups in total. The number of rotatable bonds is 6. The predicted molar refractivity (Wildman–Crippen MR) is 104 cm³/mol. The van der Waals surface area contributed by atoms with Gasteiger partial charge < -0.3 is 15.5 Å². The SMILES string of the molecule is CN1CCN(C2(CNC(=O)CCc3ccccc3)CCNCC2)CC1.[HH]. The molecule has 3 rings (SSSR count). The highest BCUT2D eigenvalue weighted by atomic mass is 16.1. The van der Waals surface area contributed by atoms with Crippen LogP contribution in [-0.2, 0) is 11.2 Å². The lowest BCUT2D eigenvalue weighted by Crippen LogP contribution is -2.64. The number of nitrogens with one attached hydrogen (secondary N) is 2. The molecule has 2 aliphatic rings. The van der Waals surface area contributed by atoms with Crippen molar-refractivity contribution >= 4 is 5.91 Å². The Bertz CT molecular complexity index is 540. The second-order valence-electron chi connectivity index (χ2n) is 7.53. The fraction of sp³-hybridized carbons (Fsp3) is 0.650. The number of piperazine rings is 1. The van der Waals surface area contributed by atoms with Crippen molar-refractivity contribution in [1.82, 2.24) is 20.4 Å². The topological polar surface area (TPSA) is 47.6 Å². The zero-order valence-electron chi connectivity index (χ0n) is 15.5. The molecule has 0 atom stereocenters. The summed E-state index contributed by atoms with van der Waals surface area (Å²) >= 11 is 0. The molecule has 0 aliphatic carbocycles. The van der Waals surface area contributed by atoms with Crippen LogP contribution in [-0.4, -0.2) is 74.1 Å². The molecule has 0 bridgehead atoms. The highest BCUT2D eigenvalue weighted by molar-refractivity contribution is 5.76. The van der Waals surface area contributed by atoms with Gasteiger partial charge in [-0.25, -0.2) is 0 Å². The molecule has 0 aromatic heterocycles. The molecule has 5 heteroatoms. The molecule has 25 heavy (non-hydrogen) atoms. The predicted octanol–water partition coefficient (Wildman–Crippen LogP) is 1.35. The number of piperidine rings is 1. The summed E-state index contributed by atoms with van der Waals surface area (Å²) in [6.45, 7) is 7.34. The first kappa shape index (κ1) is 18.4. The van der Waals surface area contributed by atoms with Crippen LogP contribution < -0.4 is 10.6 Å². The molecule has 1 amide bonds. The standard InChI is InChI=1S/C20H32N4O.H2/c1-23-13-15-24(16-14-23)20(9-11-21-12-10-20)17-22-19(25)8-7-18-5-3-2-4-6-18;/h2-6,21H,7-17H2,1H3,(H,22,25);1H. The number of hydrogen-bond acceptors (Lipinski definition) is 4. The fourth-order valence-corrected chi connectivity index (χ4v) is 4.03. The van der Waals surface area contributed by atoms with E-state index in [2.05, 4.69) is 39.6 Å². The number of benzene rings is 1. The largest absolute Gasteiger partial charge is 0.354 e. The number of likely N-dealkylation sites (N-methyl/N-ethyl adjacent to an activating group) is 1. The Kier molecular flexibility index (Phi) is 6.45. The summed E-state index contributed by atoms with van der Waals surface area (Å²) in [6, 6.07) is 10.3. The number of nitrogens with zero attached hydrogens (tertiary/aromatic N) is 2. The van der Waals surface area contributed by atoms with Crippen molar-refractivity contribution in [3.05, 3.63) is 35.9 Å². The van der Waals surface area contributed by atoms with Gasteiger partial charge in [-0.2, -0.15) is 0 Å². The van der Waals surface area contributed by atoms with E-state index in [1.807, 2.05) is 18.2 Å². The zero-order chi connectivity index (χ0) is 17.5. The molecule has 140 valence electrons. The van der Waals surface area contributed by atoms with Gasteiger partial charge in [0.15, 0.2) is 0 Å². The van der Waals surface area contributed by atoms with Crippen molar-refractivity contribution in [1.29, 1.82) is 0 Å². The average Bonchev–Trinajstić information content (AvgIpc) is 2.67. The van der Waals surface area contributed by atoms with Gasteiger partial charge in [0.05, 0.1) is 0 Å². The number of hydrogen-bond donors (Lipinski definition) is 2. The molecule has 1 aromatic rings. The highest BCUT2D eigenvalue weighted by Crippen LogP contribution is 2.27. The van der Waals surface area contributed by atoms with Crippen LogP contribution in [0.1, 0.15) is 26.3 Å². The number of carbonyl (C=O) groups is 1. The molecule has 2 fully saturated rings. The first-order valence-corrected chi connectivity index (χ1v) is 9.63. The minimum atomic E-state index is 0. The second kappa shape index (κ2) is 8.79. The maximum atomic E-state index is 12.4. The summed E-state index contributed by atoms with van der Waals surface area (Å²) in [6.07, 6.45) is 3.63. The van der Waals surface area contributed by atoms with E-state index in [4.69, 9.17) is 0 Å². The monoisotopic (exact) mass is 346 g/mol. The maximum absolute atomic E-state index is 12.4. The van der Waals surface area contributed by atoms with Gasteiger partial charge in [-0.3, -0.25) is 9.69 Å². The first-order valence-electron chi connectivity index (χ1n) is 9.63. The van der Waals surface area contributed by atoms with Gasteiger partial charge in [-0.05, 0) is 45.0 Å². The molecule has 0 unspecified atom stereocenters. The Hall–Kier alpha value is -1.43. The van der Waals surface area contributed by atoms with Crippen LogP contribution >= 0.6 is 0 Å². The molecule has 5 nitrogen and oxygen atoms in total. The van der Waals surface area contributed by atoms with E-state index in [1.165, 1.54) is 5.56 Å². The molecule has 2 heterocycles. The molecule has 1 aromatic carbocycles. The van der Waals surface area contributed by atoms with Crippen molar-refractivity contribution in [3.8, 4) is 0 Å². The number of amides is 1. The summed E-state index contributed by atoms with van der Waals surface area (Å²) < 4.78 is 0. The van der Waals surface area contributed by atoms with Crippen LogP contribution in [0.4, 0.5) is 0 Å². The van der Waals surface area contributed by atoms with Crippen LogP contribution in [0.25, 0.3) is 0 Å². The van der Waals surface area contributed by atoms with E-state index in [9.17, 15) is 4.79 Å². The summed E-state index contributed by atoms with van der Waals surface area (Å²) in [7, 11) is 2.19.